The Balaban J connectivity index is 1.62. The van der Waals surface area contributed by atoms with E-state index in [4.69, 9.17) is 9.84 Å². The predicted molar refractivity (Wildman–Crippen MR) is 84.0 cm³/mol. The maximum Gasteiger partial charge on any atom is 0.191 e. The minimum atomic E-state index is 0.0773. The van der Waals surface area contributed by atoms with Crippen LogP contribution < -0.4 is 0 Å². The largest absolute Gasteiger partial charge is 0.394 e. The van der Waals surface area contributed by atoms with Crippen LogP contribution in [0.25, 0.3) is 0 Å². The normalized spacial score (nSPS) is 14.7. The van der Waals surface area contributed by atoms with Crippen LogP contribution in [0, 0.1) is 0 Å². The zero-order valence-corrected chi connectivity index (χ0v) is 13.4. The zero-order valence-electron chi connectivity index (χ0n) is 11.8. The first kappa shape index (κ1) is 15.0. The van der Waals surface area contributed by atoms with Crippen molar-refractivity contribution in [1.82, 2.24) is 14.8 Å². The van der Waals surface area contributed by atoms with Crippen molar-refractivity contribution in [2.45, 2.75) is 30.5 Å². The summed E-state index contributed by atoms with van der Waals surface area (Å²) in [5.74, 6) is 1.91. The second-order valence-electron chi connectivity index (χ2n) is 4.94. The Morgan fingerprint density at radius 1 is 1.38 bits per heavy atom. The lowest BCUT2D eigenvalue weighted by molar-refractivity contribution is 0.103. The molecule has 2 heterocycles. The Morgan fingerprint density at radius 2 is 2.29 bits per heavy atom. The lowest BCUT2D eigenvalue weighted by atomic mass is 10.3. The number of thioether (sulfide) groups is 1. The van der Waals surface area contributed by atoms with Gasteiger partial charge in [0.15, 0.2) is 5.16 Å². The first-order valence-electron chi connectivity index (χ1n) is 7.16. The fourth-order valence-electron chi connectivity index (χ4n) is 2.15. The number of hydrogen-bond acceptors (Lipinski definition) is 6. The molecule has 7 heteroatoms. The number of ether oxygens (including phenoxy) is 1. The van der Waals surface area contributed by atoms with Gasteiger partial charge in [0, 0.05) is 23.1 Å². The molecule has 0 aliphatic heterocycles. The zero-order chi connectivity index (χ0) is 14.5. The van der Waals surface area contributed by atoms with E-state index in [2.05, 4.69) is 32.3 Å². The maximum absolute atomic E-state index is 8.68. The van der Waals surface area contributed by atoms with E-state index in [1.165, 1.54) is 17.7 Å². The molecule has 1 aliphatic carbocycles. The smallest absolute Gasteiger partial charge is 0.191 e. The number of aromatic nitrogens is 3. The predicted octanol–water partition coefficient (Wildman–Crippen LogP) is 2.37. The summed E-state index contributed by atoms with van der Waals surface area (Å²) >= 11 is 3.45. The third kappa shape index (κ3) is 4.06. The van der Waals surface area contributed by atoms with Gasteiger partial charge in [-0.05, 0) is 24.3 Å². The standard InChI is InChI=1S/C14H19N3O2S2/c18-5-6-19-7-9-21-14-16-15-13(17(14)11-3-4-11)10-12-2-1-8-20-12/h1-2,8,11,18H,3-7,9-10H2. The van der Waals surface area contributed by atoms with Gasteiger partial charge in [0.2, 0.25) is 0 Å². The Kier molecular flexibility index (Phi) is 5.29. The van der Waals surface area contributed by atoms with E-state index in [1.807, 2.05) is 0 Å². The lowest BCUT2D eigenvalue weighted by Gasteiger charge is -2.08. The molecule has 1 aliphatic rings. The van der Waals surface area contributed by atoms with Crippen molar-refractivity contribution in [2.75, 3.05) is 25.6 Å². The molecule has 114 valence electrons. The Hall–Kier alpha value is -0.890. The summed E-state index contributed by atoms with van der Waals surface area (Å²) in [5.41, 5.74) is 0. The molecule has 3 rings (SSSR count). The molecule has 21 heavy (non-hydrogen) atoms. The quantitative estimate of drug-likeness (QED) is 0.566. The van der Waals surface area contributed by atoms with E-state index >= 15 is 0 Å². The molecule has 0 radical (unpaired) electrons. The minimum Gasteiger partial charge on any atom is -0.394 e. The number of aliphatic hydroxyl groups is 1. The first-order valence-corrected chi connectivity index (χ1v) is 9.02. The van der Waals surface area contributed by atoms with Crippen LogP contribution >= 0.6 is 23.1 Å². The molecule has 0 spiro atoms. The van der Waals surface area contributed by atoms with E-state index in [1.54, 1.807) is 23.1 Å². The monoisotopic (exact) mass is 325 g/mol. The SMILES string of the molecule is OCCOCCSc1nnc(Cc2cccs2)n1C1CC1. The summed E-state index contributed by atoms with van der Waals surface area (Å²) in [6.07, 6.45) is 3.32. The molecule has 0 saturated heterocycles. The van der Waals surface area contributed by atoms with Gasteiger partial charge in [-0.2, -0.15) is 0 Å². The van der Waals surface area contributed by atoms with E-state index in [0.717, 1.165) is 23.2 Å². The van der Waals surface area contributed by atoms with Crippen LogP contribution in [0.5, 0.6) is 0 Å². The topological polar surface area (TPSA) is 60.2 Å². The highest BCUT2D eigenvalue weighted by Crippen LogP contribution is 2.39. The van der Waals surface area contributed by atoms with Gasteiger partial charge in [0.1, 0.15) is 5.82 Å². The number of thiophene rings is 1. The van der Waals surface area contributed by atoms with Crippen LogP contribution in [-0.4, -0.2) is 45.4 Å². The molecular formula is C14H19N3O2S2. The van der Waals surface area contributed by atoms with Gasteiger partial charge in [0.05, 0.1) is 19.8 Å². The van der Waals surface area contributed by atoms with Crippen molar-refractivity contribution < 1.29 is 9.84 Å². The van der Waals surface area contributed by atoms with Gasteiger partial charge in [-0.3, -0.25) is 0 Å². The maximum atomic E-state index is 8.68. The molecule has 2 aromatic rings. The van der Waals surface area contributed by atoms with Crippen LogP contribution in [0.1, 0.15) is 29.6 Å². The average Bonchev–Trinajstić information content (AvgIpc) is 3.05. The third-order valence-electron chi connectivity index (χ3n) is 3.25. The van der Waals surface area contributed by atoms with Gasteiger partial charge in [-0.1, -0.05) is 17.8 Å². The van der Waals surface area contributed by atoms with Crippen molar-refractivity contribution in [1.29, 1.82) is 0 Å². The number of rotatable bonds is 9. The van der Waals surface area contributed by atoms with Crippen LogP contribution in [0.3, 0.4) is 0 Å². The van der Waals surface area contributed by atoms with Crippen molar-refractivity contribution >= 4 is 23.1 Å². The Labute approximate surface area is 132 Å². The number of nitrogens with zero attached hydrogens (tertiary/aromatic N) is 3. The highest BCUT2D eigenvalue weighted by atomic mass is 32.2. The van der Waals surface area contributed by atoms with E-state index in [-0.39, 0.29) is 6.61 Å². The molecule has 0 amide bonds. The minimum absolute atomic E-state index is 0.0773. The third-order valence-corrected chi connectivity index (χ3v) is 5.04. The Bertz CT molecular complexity index is 553. The molecular weight excluding hydrogens is 306 g/mol. The molecule has 2 aromatic heterocycles. The second kappa shape index (κ2) is 7.40. The number of aliphatic hydroxyl groups excluding tert-OH is 1. The fourth-order valence-corrected chi connectivity index (χ4v) is 3.73. The molecule has 1 fully saturated rings. The van der Waals surface area contributed by atoms with Gasteiger partial charge in [0.25, 0.3) is 0 Å². The number of hydrogen-bond donors (Lipinski definition) is 1. The lowest BCUT2D eigenvalue weighted by Crippen LogP contribution is -2.05. The van der Waals surface area contributed by atoms with Crippen molar-refractivity contribution in [3.05, 3.63) is 28.2 Å². The highest BCUT2D eigenvalue weighted by Gasteiger charge is 2.29. The van der Waals surface area contributed by atoms with Gasteiger partial charge in [-0.15, -0.1) is 21.5 Å². The average molecular weight is 325 g/mol. The van der Waals surface area contributed by atoms with Crippen LogP contribution in [0.2, 0.25) is 0 Å². The van der Waals surface area contributed by atoms with Crippen LogP contribution in [0.15, 0.2) is 22.7 Å². The van der Waals surface area contributed by atoms with Gasteiger partial charge < -0.3 is 14.4 Å². The van der Waals surface area contributed by atoms with Crippen LogP contribution in [-0.2, 0) is 11.2 Å². The van der Waals surface area contributed by atoms with Gasteiger partial charge >= 0.3 is 0 Å². The molecule has 0 bridgehead atoms. The summed E-state index contributed by atoms with van der Waals surface area (Å²) in [7, 11) is 0. The van der Waals surface area contributed by atoms with Gasteiger partial charge in [-0.25, -0.2) is 0 Å². The molecule has 5 nitrogen and oxygen atoms in total. The highest BCUT2D eigenvalue weighted by molar-refractivity contribution is 7.99. The Morgan fingerprint density at radius 3 is 3.00 bits per heavy atom. The van der Waals surface area contributed by atoms with E-state index in [0.29, 0.717) is 19.3 Å². The fraction of sp³-hybridized carbons (Fsp3) is 0.571. The van der Waals surface area contributed by atoms with Crippen molar-refractivity contribution in [3.63, 3.8) is 0 Å². The second-order valence-corrected chi connectivity index (χ2v) is 7.03. The molecule has 0 unspecified atom stereocenters. The van der Waals surface area contributed by atoms with E-state index in [9.17, 15) is 0 Å². The summed E-state index contributed by atoms with van der Waals surface area (Å²) < 4.78 is 7.59. The summed E-state index contributed by atoms with van der Waals surface area (Å²) in [6, 6.07) is 4.80. The van der Waals surface area contributed by atoms with E-state index < -0.39 is 0 Å². The molecule has 1 N–H and O–H groups in total. The van der Waals surface area contributed by atoms with Crippen LogP contribution in [0.4, 0.5) is 0 Å². The summed E-state index contributed by atoms with van der Waals surface area (Å²) in [5, 5.41) is 20.5. The summed E-state index contributed by atoms with van der Waals surface area (Å²) in [6.45, 7) is 1.11. The summed E-state index contributed by atoms with van der Waals surface area (Å²) in [4.78, 5) is 1.33. The molecule has 1 saturated carbocycles. The van der Waals surface area contributed by atoms with Crippen molar-refractivity contribution in [3.8, 4) is 0 Å². The first-order chi connectivity index (χ1) is 10.4. The van der Waals surface area contributed by atoms with Crippen molar-refractivity contribution in [2.24, 2.45) is 0 Å². The molecule has 0 aromatic carbocycles. The molecule has 0 atom stereocenters.